The molecule has 0 aliphatic carbocycles. The Labute approximate surface area is 184 Å². The molecule has 0 spiro atoms. The summed E-state index contributed by atoms with van der Waals surface area (Å²) < 4.78 is 5.36. The van der Waals surface area contributed by atoms with Crippen LogP contribution in [0.25, 0.3) is 0 Å². The summed E-state index contributed by atoms with van der Waals surface area (Å²) in [6.07, 6.45) is 11.7. The second kappa shape index (κ2) is 10.6. The Morgan fingerprint density at radius 3 is 1.97 bits per heavy atom. The largest absolute Gasteiger partial charge is 0.467 e. The van der Waals surface area contributed by atoms with Crippen LogP contribution in [0.1, 0.15) is 57.1 Å². The maximum absolute atomic E-state index is 5.48. The fourth-order valence-corrected chi connectivity index (χ4v) is 4.29. The van der Waals surface area contributed by atoms with E-state index in [9.17, 15) is 0 Å². The fraction of sp³-hybridized carbons (Fsp3) is 0.591. The first-order chi connectivity index (χ1) is 14.8. The van der Waals surface area contributed by atoms with Gasteiger partial charge in [0.15, 0.2) is 5.11 Å². The van der Waals surface area contributed by atoms with E-state index in [1.807, 2.05) is 12.1 Å². The first-order valence-corrected chi connectivity index (χ1v) is 11.6. The third-order valence-electron chi connectivity index (χ3n) is 5.79. The lowest BCUT2D eigenvalue weighted by Crippen LogP contribution is -2.31. The molecule has 2 aromatic heterocycles. The summed E-state index contributed by atoms with van der Waals surface area (Å²) in [5.41, 5.74) is 0. The van der Waals surface area contributed by atoms with Gasteiger partial charge in [-0.2, -0.15) is 9.97 Å². The average Bonchev–Trinajstić information content (AvgIpc) is 2.97. The number of aromatic nitrogens is 2. The van der Waals surface area contributed by atoms with Gasteiger partial charge in [0, 0.05) is 32.2 Å². The van der Waals surface area contributed by atoms with Gasteiger partial charge in [0.1, 0.15) is 17.4 Å². The molecule has 0 bridgehead atoms. The first kappa shape index (κ1) is 20.9. The third-order valence-corrected chi connectivity index (χ3v) is 6.03. The van der Waals surface area contributed by atoms with Gasteiger partial charge in [-0.3, -0.25) is 0 Å². The Morgan fingerprint density at radius 2 is 1.47 bits per heavy atom. The van der Waals surface area contributed by atoms with E-state index < -0.39 is 0 Å². The first-order valence-electron chi connectivity index (χ1n) is 11.2. The zero-order chi connectivity index (χ0) is 20.6. The molecule has 162 valence electrons. The average molecular weight is 429 g/mol. The molecule has 2 N–H and O–H groups in total. The lowest BCUT2D eigenvalue weighted by Gasteiger charge is -2.26. The van der Waals surface area contributed by atoms with Gasteiger partial charge in [-0.1, -0.05) is 25.7 Å². The van der Waals surface area contributed by atoms with Crippen LogP contribution in [0.2, 0.25) is 0 Å². The number of furan rings is 1. The molecule has 7 nitrogen and oxygen atoms in total. The highest BCUT2D eigenvalue weighted by atomic mass is 32.1. The number of rotatable bonds is 5. The molecule has 30 heavy (non-hydrogen) atoms. The van der Waals surface area contributed by atoms with E-state index in [1.165, 1.54) is 51.4 Å². The number of nitrogens with zero attached hydrogens (tertiary/aromatic N) is 4. The summed E-state index contributed by atoms with van der Waals surface area (Å²) in [5.74, 6) is 3.40. The molecule has 2 saturated heterocycles. The minimum absolute atomic E-state index is 0.501. The molecule has 2 aliphatic heterocycles. The highest BCUT2D eigenvalue weighted by molar-refractivity contribution is 7.80. The van der Waals surface area contributed by atoms with Gasteiger partial charge in [-0.25, -0.2) is 0 Å². The summed E-state index contributed by atoms with van der Waals surface area (Å²) >= 11 is 5.48. The summed E-state index contributed by atoms with van der Waals surface area (Å²) in [7, 11) is 0. The van der Waals surface area contributed by atoms with Crippen molar-refractivity contribution >= 4 is 34.9 Å². The summed E-state index contributed by atoms with van der Waals surface area (Å²) in [5, 5.41) is 6.87. The monoisotopic (exact) mass is 428 g/mol. The Bertz CT molecular complexity index is 758. The van der Waals surface area contributed by atoms with Crippen molar-refractivity contribution in [2.75, 3.05) is 41.3 Å². The lowest BCUT2D eigenvalue weighted by molar-refractivity contribution is 0.503. The molecule has 4 heterocycles. The van der Waals surface area contributed by atoms with Gasteiger partial charge < -0.3 is 24.9 Å². The summed E-state index contributed by atoms with van der Waals surface area (Å²) in [4.78, 5) is 14.5. The number of thiocarbonyl (C=S) groups is 1. The standard InChI is InChI=1S/C22H32N6OS/c30-22(23-17-18-10-9-15-29-18)26-21-24-19(27-11-5-1-2-6-12-27)16-20(25-21)28-13-7-3-4-8-14-28/h9-10,15-16H,1-8,11-14,17H2,(H2,23,24,25,26,30). The Balaban J connectivity index is 1.51. The molecule has 2 fully saturated rings. The van der Waals surface area contributed by atoms with Crippen molar-refractivity contribution < 1.29 is 4.42 Å². The van der Waals surface area contributed by atoms with Crippen LogP contribution in [-0.4, -0.2) is 41.3 Å². The van der Waals surface area contributed by atoms with Crippen molar-refractivity contribution in [1.82, 2.24) is 15.3 Å². The number of nitrogens with one attached hydrogen (secondary N) is 2. The molecule has 8 heteroatoms. The number of hydrogen-bond acceptors (Lipinski definition) is 6. The normalized spacial score (nSPS) is 17.9. The molecule has 0 saturated carbocycles. The summed E-state index contributed by atoms with van der Waals surface area (Å²) in [6.45, 7) is 4.74. The van der Waals surface area contributed by atoms with Gasteiger partial charge in [0.25, 0.3) is 0 Å². The Hall–Kier alpha value is -2.35. The van der Waals surface area contributed by atoms with Crippen LogP contribution in [0.3, 0.4) is 0 Å². The van der Waals surface area contributed by atoms with Gasteiger partial charge >= 0.3 is 0 Å². The van der Waals surface area contributed by atoms with Crippen LogP contribution in [-0.2, 0) is 6.54 Å². The van der Waals surface area contributed by atoms with Gasteiger partial charge in [0.05, 0.1) is 12.8 Å². The number of anilines is 3. The fourth-order valence-electron chi connectivity index (χ4n) is 4.13. The third kappa shape index (κ3) is 5.84. The van der Waals surface area contributed by atoms with Crippen LogP contribution in [0, 0.1) is 0 Å². The topological polar surface area (TPSA) is 69.5 Å². The van der Waals surface area contributed by atoms with Crippen LogP contribution in [0.4, 0.5) is 17.6 Å². The Kier molecular flexibility index (Phi) is 7.39. The van der Waals surface area contributed by atoms with E-state index in [0.29, 0.717) is 17.6 Å². The highest BCUT2D eigenvalue weighted by Crippen LogP contribution is 2.25. The van der Waals surface area contributed by atoms with Crippen molar-refractivity contribution in [3.63, 3.8) is 0 Å². The van der Waals surface area contributed by atoms with E-state index >= 15 is 0 Å². The molecule has 0 unspecified atom stereocenters. The maximum Gasteiger partial charge on any atom is 0.232 e. The van der Waals surface area contributed by atoms with Crippen LogP contribution < -0.4 is 20.4 Å². The minimum Gasteiger partial charge on any atom is -0.467 e. The lowest BCUT2D eigenvalue weighted by atomic mass is 10.2. The second-order valence-corrected chi connectivity index (χ2v) is 8.51. The molecular formula is C22H32N6OS. The van der Waals surface area contributed by atoms with Crippen molar-refractivity contribution in [2.45, 2.75) is 57.9 Å². The zero-order valence-electron chi connectivity index (χ0n) is 17.6. The summed E-state index contributed by atoms with van der Waals surface area (Å²) in [6, 6.07) is 5.96. The van der Waals surface area contributed by atoms with E-state index in [-0.39, 0.29) is 0 Å². The quantitative estimate of drug-likeness (QED) is 0.683. The minimum atomic E-state index is 0.501. The van der Waals surface area contributed by atoms with Gasteiger partial charge in [0.2, 0.25) is 5.95 Å². The van der Waals surface area contributed by atoms with Crippen LogP contribution in [0.5, 0.6) is 0 Å². The molecule has 0 aromatic carbocycles. The van der Waals surface area contributed by atoms with Gasteiger partial charge in [-0.05, 0) is 50.0 Å². The maximum atomic E-state index is 5.48. The molecule has 2 aromatic rings. The van der Waals surface area contributed by atoms with E-state index in [1.54, 1.807) is 6.26 Å². The van der Waals surface area contributed by atoms with Crippen molar-refractivity contribution in [2.24, 2.45) is 0 Å². The predicted octanol–water partition coefficient (Wildman–Crippen LogP) is 4.32. The molecule has 0 atom stereocenters. The van der Waals surface area contributed by atoms with Crippen molar-refractivity contribution in [1.29, 1.82) is 0 Å². The predicted molar refractivity (Wildman–Crippen MR) is 125 cm³/mol. The SMILES string of the molecule is S=C(NCc1ccco1)Nc1nc(N2CCCCCC2)cc(N2CCCCCC2)n1. The van der Waals surface area contributed by atoms with Crippen LogP contribution in [0.15, 0.2) is 28.9 Å². The van der Waals surface area contributed by atoms with E-state index in [2.05, 4.69) is 26.5 Å². The highest BCUT2D eigenvalue weighted by Gasteiger charge is 2.18. The molecule has 4 rings (SSSR count). The molecule has 0 amide bonds. The number of hydrogen-bond donors (Lipinski definition) is 2. The van der Waals surface area contributed by atoms with E-state index in [4.69, 9.17) is 26.6 Å². The Morgan fingerprint density at radius 1 is 0.900 bits per heavy atom. The van der Waals surface area contributed by atoms with Crippen molar-refractivity contribution in [3.05, 3.63) is 30.2 Å². The zero-order valence-corrected chi connectivity index (χ0v) is 18.4. The van der Waals surface area contributed by atoms with Gasteiger partial charge in [-0.15, -0.1) is 0 Å². The van der Waals surface area contributed by atoms with Crippen LogP contribution >= 0.6 is 12.2 Å². The smallest absolute Gasteiger partial charge is 0.232 e. The van der Waals surface area contributed by atoms with E-state index in [0.717, 1.165) is 43.6 Å². The molecular weight excluding hydrogens is 396 g/mol. The molecule has 0 radical (unpaired) electrons. The molecule has 2 aliphatic rings. The second-order valence-electron chi connectivity index (χ2n) is 8.10. The van der Waals surface area contributed by atoms with Crippen molar-refractivity contribution in [3.8, 4) is 0 Å².